The van der Waals surface area contributed by atoms with Crippen molar-refractivity contribution < 1.29 is 35.4 Å². The van der Waals surface area contributed by atoms with Gasteiger partial charge in [0.1, 0.15) is 30.3 Å². The molecule has 2 aromatic carbocycles. The van der Waals surface area contributed by atoms with Gasteiger partial charge in [0, 0.05) is 30.3 Å². The number of para-hydroxylation sites is 1. The number of piperidine rings is 3. The van der Waals surface area contributed by atoms with Gasteiger partial charge in [-0.3, -0.25) is 4.98 Å². The molecule has 1 aromatic heterocycles. The fourth-order valence-corrected chi connectivity index (χ4v) is 5.96. The first kappa shape index (κ1) is 23.0. The lowest BCUT2D eigenvalue weighted by molar-refractivity contribution is -0.985. The van der Waals surface area contributed by atoms with E-state index in [4.69, 9.17) is 0 Å². The van der Waals surface area contributed by atoms with Crippen LogP contribution in [-0.4, -0.2) is 33.7 Å². The Morgan fingerprint density at radius 1 is 1.12 bits per heavy atom. The van der Waals surface area contributed by atoms with E-state index in [2.05, 4.69) is 11.6 Å². The highest BCUT2D eigenvalue weighted by Crippen LogP contribution is 2.48. The number of halogens is 3. The lowest BCUT2D eigenvalue weighted by Crippen LogP contribution is -3.00. The quantitative estimate of drug-likeness (QED) is 0.430. The average molecular weight is 501 g/mol. The molecule has 3 aromatic rings. The molecule has 3 fully saturated rings. The number of hydrogen-bond donors (Lipinski definition) is 1. The number of aliphatic hydroxyl groups excluding tert-OH is 1. The Balaban J connectivity index is 0.00000245. The number of aliphatic hydroxyl groups is 1. The molecule has 0 spiro atoms. The van der Waals surface area contributed by atoms with Crippen LogP contribution < -0.4 is 17.0 Å². The van der Waals surface area contributed by atoms with Crippen LogP contribution in [0.5, 0.6) is 0 Å². The molecule has 3 nitrogen and oxygen atoms in total. The van der Waals surface area contributed by atoms with E-state index in [0.717, 1.165) is 42.4 Å². The molecule has 0 amide bonds. The molecular weight excluding hydrogens is 474 g/mol. The number of quaternary nitrogens is 1. The fraction of sp³-hybridized carbons (Fsp3) is 0.346. The van der Waals surface area contributed by atoms with Crippen LogP contribution in [0.15, 0.2) is 67.4 Å². The van der Waals surface area contributed by atoms with Gasteiger partial charge in [-0.15, -0.1) is 6.58 Å². The highest BCUT2D eigenvalue weighted by molar-refractivity contribution is 5.82. The van der Waals surface area contributed by atoms with E-state index in [1.165, 1.54) is 18.2 Å². The molecule has 32 heavy (non-hydrogen) atoms. The van der Waals surface area contributed by atoms with E-state index >= 15 is 0 Å². The average Bonchev–Trinajstić information content (AvgIpc) is 2.81. The molecule has 4 heterocycles. The molecule has 6 heteroatoms. The first-order valence-electron chi connectivity index (χ1n) is 11.0. The van der Waals surface area contributed by atoms with Gasteiger partial charge in [0.15, 0.2) is 0 Å². The van der Waals surface area contributed by atoms with Crippen molar-refractivity contribution >= 4 is 10.9 Å². The van der Waals surface area contributed by atoms with E-state index in [1.54, 1.807) is 6.20 Å². The normalized spacial score (nSPS) is 27.7. The summed E-state index contributed by atoms with van der Waals surface area (Å²) in [7, 11) is 0. The van der Waals surface area contributed by atoms with Crippen LogP contribution >= 0.6 is 0 Å². The van der Waals surface area contributed by atoms with Crippen molar-refractivity contribution in [2.75, 3.05) is 13.1 Å². The number of benzene rings is 2. The SMILES string of the molecule is C=CC1C[N+]2(Cc3c(F)cccc3F)CCC1CC2[C@H](O)c1ccnc2ccccc12.[Br-]. The largest absolute Gasteiger partial charge is 1.00 e. The van der Waals surface area contributed by atoms with Gasteiger partial charge in [-0.25, -0.2) is 8.78 Å². The topological polar surface area (TPSA) is 33.1 Å². The van der Waals surface area contributed by atoms with Gasteiger partial charge in [-0.05, 0) is 35.7 Å². The van der Waals surface area contributed by atoms with Crippen LogP contribution in [0.3, 0.4) is 0 Å². The van der Waals surface area contributed by atoms with Crippen molar-refractivity contribution in [1.82, 2.24) is 4.98 Å². The summed E-state index contributed by atoms with van der Waals surface area (Å²) in [5.74, 6) is -0.298. The summed E-state index contributed by atoms with van der Waals surface area (Å²) in [6.07, 6.45) is 4.76. The van der Waals surface area contributed by atoms with Crippen molar-refractivity contribution in [2.45, 2.75) is 31.5 Å². The first-order chi connectivity index (χ1) is 15.0. The number of rotatable bonds is 5. The van der Waals surface area contributed by atoms with Gasteiger partial charge in [0.2, 0.25) is 0 Å². The summed E-state index contributed by atoms with van der Waals surface area (Å²) >= 11 is 0. The highest BCUT2D eigenvalue weighted by Gasteiger charge is 2.54. The molecule has 2 bridgehead atoms. The zero-order valence-electron chi connectivity index (χ0n) is 17.8. The molecule has 0 radical (unpaired) electrons. The second-order valence-corrected chi connectivity index (χ2v) is 9.10. The molecule has 0 saturated carbocycles. The number of fused-ring (bicyclic) bond motifs is 4. The van der Waals surface area contributed by atoms with Gasteiger partial charge < -0.3 is 26.6 Å². The van der Waals surface area contributed by atoms with E-state index in [0.29, 0.717) is 16.3 Å². The molecule has 6 rings (SSSR count). The van der Waals surface area contributed by atoms with Crippen molar-refractivity contribution in [3.8, 4) is 0 Å². The Morgan fingerprint density at radius 2 is 1.88 bits per heavy atom. The number of aromatic nitrogens is 1. The van der Waals surface area contributed by atoms with Crippen LogP contribution in [0.25, 0.3) is 10.9 Å². The van der Waals surface area contributed by atoms with Gasteiger partial charge in [-0.2, -0.15) is 0 Å². The summed E-state index contributed by atoms with van der Waals surface area (Å²) in [6.45, 7) is 5.79. The Hall–Kier alpha value is -2.15. The minimum Gasteiger partial charge on any atom is -1.00 e. The molecule has 3 aliphatic heterocycles. The fourth-order valence-electron chi connectivity index (χ4n) is 5.96. The highest BCUT2D eigenvalue weighted by atomic mass is 79.9. The monoisotopic (exact) mass is 500 g/mol. The Kier molecular flexibility index (Phi) is 6.48. The minimum absolute atomic E-state index is 0. The maximum Gasteiger partial charge on any atom is 0.135 e. The van der Waals surface area contributed by atoms with Gasteiger partial charge >= 0.3 is 0 Å². The second kappa shape index (κ2) is 9.00. The molecule has 3 aliphatic rings. The Morgan fingerprint density at radius 3 is 2.62 bits per heavy atom. The Bertz CT molecular complexity index is 1110. The van der Waals surface area contributed by atoms with Crippen LogP contribution in [-0.2, 0) is 6.54 Å². The van der Waals surface area contributed by atoms with Crippen molar-refractivity contribution in [3.63, 3.8) is 0 Å². The number of nitrogens with zero attached hydrogens (tertiary/aromatic N) is 2. The predicted molar refractivity (Wildman–Crippen MR) is 117 cm³/mol. The summed E-state index contributed by atoms with van der Waals surface area (Å²) in [5.41, 5.74) is 1.79. The summed E-state index contributed by atoms with van der Waals surface area (Å²) in [5, 5.41) is 12.6. The summed E-state index contributed by atoms with van der Waals surface area (Å²) in [4.78, 5) is 4.42. The third kappa shape index (κ3) is 3.78. The Labute approximate surface area is 197 Å². The van der Waals surface area contributed by atoms with Gasteiger partial charge in [0.25, 0.3) is 0 Å². The van der Waals surface area contributed by atoms with Crippen molar-refractivity contribution in [3.05, 3.63) is 90.1 Å². The van der Waals surface area contributed by atoms with Gasteiger partial charge in [-0.1, -0.05) is 30.3 Å². The minimum atomic E-state index is -0.740. The molecule has 5 atom stereocenters. The van der Waals surface area contributed by atoms with Crippen LogP contribution in [0.2, 0.25) is 0 Å². The predicted octanol–water partition coefficient (Wildman–Crippen LogP) is 2.16. The molecule has 168 valence electrons. The lowest BCUT2D eigenvalue weighted by atomic mass is 9.71. The van der Waals surface area contributed by atoms with E-state index in [-0.39, 0.29) is 35.1 Å². The zero-order chi connectivity index (χ0) is 21.6. The molecule has 1 N–H and O–H groups in total. The second-order valence-electron chi connectivity index (χ2n) is 9.10. The molecule has 4 unspecified atom stereocenters. The zero-order valence-corrected chi connectivity index (χ0v) is 19.4. The lowest BCUT2D eigenvalue weighted by Gasteiger charge is -2.58. The molecular formula is C26H27BrF2N2O. The third-order valence-corrected chi connectivity index (χ3v) is 7.58. The standard InChI is InChI=1S/C26H27F2N2O.BrH/c1-2-17-15-30(16-21-22(27)7-5-8-23(21)28)13-11-18(17)14-25(30)26(31)20-10-12-29-24-9-4-3-6-19(20)24;/h2-10,12,17-18,25-26,31H,1,11,13-16H2;1H/q+1;/p-1/t17?,18?,25?,26-,30?;/m1./s1. The molecule has 3 saturated heterocycles. The first-order valence-corrected chi connectivity index (χ1v) is 11.0. The van der Waals surface area contributed by atoms with E-state index in [1.807, 2.05) is 36.4 Å². The number of pyridine rings is 1. The van der Waals surface area contributed by atoms with Crippen molar-refractivity contribution in [1.29, 1.82) is 0 Å². The molecule has 0 aliphatic carbocycles. The van der Waals surface area contributed by atoms with Crippen LogP contribution in [0, 0.1) is 23.5 Å². The van der Waals surface area contributed by atoms with E-state index in [9.17, 15) is 13.9 Å². The van der Waals surface area contributed by atoms with Gasteiger partial charge in [0.05, 0.1) is 24.2 Å². The maximum absolute atomic E-state index is 14.6. The van der Waals surface area contributed by atoms with Crippen LogP contribution in [0.1, 0.15) is 30.1 Å². The summed E-state index contributed by atoms with van der Waals surface area (Å²) < 4.78 is 29.7. The maximum atomic E-state index is 14.6. The van der Waals surface area contributed by atoms with Crippen molar-refractivity contribution in [2.24, 2.45) is 11.8 Å². The van der Waals surface area contributed by atoms with Crippen LogP contribution in [0.4, 0.5) is 8.78 Å². The van der Waals surface area contributed by atoms with E-state index < -0.39 is 17.7 Å². The smallest absolute Gasteiger partial charge is 0.135 e. The number of hydrogen-bond acceptors (Lipinski definition) is 2. The summed E-state index contributed by atoms with van der Waals surface area (Å²) in [6, 6.07) is 13.6. The third-order valence-electron chi connectivity index (χ3n) is 7.58.